The number of hydrogen-bond acceptors (Lipinski definition) is 3. The predicted octanol–water partition coefficient (Wildman–Crippen LogP) is 6.15. The summed E-state index contributed by atoms with van der Waals surface area (Å²) in [6, 6.07) is -0.472. The van der Waals surface area contributed by atoms with Gasteiger partial charge in [-0.05, 0) is 51.4 Å². The molecule has 1 unspecified atom stereocenters. The monoisotopic (exact) mass is 438 g/mol. The van der Waals surface area contributed by atoms with E-state index in [1.165, 1.54) is 57.8 Å². The molecule has 31 heavy (non-hydrogen) atoms. The average Bonchev–Trinajstić information content (AvgIpc) is 2.75. The van der Waals surface area contributed by atoms with Gasteiger partial charge in [-0.25, -0.2) is 4.79 Å². The van der Waals surface area contributed by atoms with E-state index in [4.69, 9.17) is 5.11 Å². The molecule has 180 valence electrons. The summed E-state index contributed by atoms with van der Waals surface area (Å²) in [6.45, 7) is 2.62. The van der Waals surface area contributed by atoms with Gasteiger partial charge in [0.05, 0.1) is 6.04 Å². The van der Waals surface area contributed by atoms with Crippen LogP contribution in [0.4, 0.5) is 4.79 Å². The smallest absolute Gasteiger partial charge is 0.404 e. The Bertz CT molecular complexity index is 480. The van der Waals surface area contributed by atoms with Gasteiger partial charge in [0.15, 0.2) is 0 Å². The molecule has 0 heterocycles. The second-order valence-electron chi connectivity index (χ2n) is 8.37. The zero-order valence-electron chi connectivity index (χ0n) is 19.7. The van der Waals surface area contributed by atoms with Crippen LogP contribution >= 0.6 is 0 Å². The van der Waals surface area contributed by atoms with Gasteiger partial charge in [0.25, 0.3) is 0 Å². The van der Waals surface area contributed by atoms with E-state index >= 15 is 0 Å². The van der Waals surface area contributed by atoms with Gasteiger partial charge in [-0.2, -0.15) is 0 Å². The highest BCUT2D eigenvalue weighted by molar-refractivity contribution is 5.79. The van der Waals surface area contributed by atoms with Crippen LogP contribution in [0.2, 0.25) is 0 Å². The fraction of sp³-hybridized carbons (Fsp3) is 0.800. The van der Waals surface area contributed by atoms with Gasteiger partial charge in [-0.1, -0.05) is 70.4 Å². The Hall–Kier alpha value is -1.85. The lowest BCUT2D eigenvalue weighted by molar-refractivity contribution is -0.124. The third kappa shape index (κ3) is 22.7. The van der Waals surface area contributed by atoms with Crippen LogP contribution in [0.3, 0.4) is 0 Å². The maximum atomic E-state index is 12.0. The van der Waals surface area contributed by atoms with Gasteiger partial charge >= 0.3 is 6.09 Å². The van der Waals surface area contributed by atoms with Crippen LogP contribution in [0, 0.1) is 0 Å². The molecular formula is C25H46N2O4. The summed E-state index contributed by atoms with van der Waals surface area (Å²) in [5, 5.41) is 13.5. The van der Waals surface area contributed by atoms with Crippen molar-refractivity contribution >= 4 is 18.3 Å². The van der Waals surface area contributed by atoms with Crippen LogP contribution in [0.1, 0.15) is 116 Å². The van der Waals surface area contributed by atoms with Crippen molar-refractivity contribution in [2.45, 2.75) is 122 Å². The number of aldehydes is 1. The maximum Gasteiger partial charge on any atom is 0.404 e. The Labute approximate surface area is 189 Å². The lowest BCUT2D eigenvalue weighted by atomic mass is 10.1. The molecule has 0 saturated carbocycles. The van der Waals surface area contributed by atoms with Crippen molar-refractivity contribution in [2.75, 3.05) is 6.54 Å². The normalized spacial score (nSPS) is 12.0. The Morgan fingerprint density at radius 2 is 1.39 bits per heavy atom. The van der Waals surface area contributed by atoms with Gasteiger partial charge in [-0.3, -0.25) is 4.79 Å². The second kappa shape index (κ2) is 22.8. The van der Waals surface area contributed by atoms with Crippen molar-refractivity contribution in [3.05, 3.63) is 12.2 Å². The molecule has 6 nitrogen and oxygen atoms in total. The standard InChI is InChI=1S/C25H46N2O4/c1-2-3-4-5-6-7-8-9-10-11-12-13-14-15-16-20-24(29)27-23(22-28)19-17-18-21-26-25(30)31/h9-10,22-23,26H,2-8,11-21H2,1H3,(H,27,29)(H,30,31)/b10-9-. The van der Waals surface area contributed by atoms with Crippen LogP contribution in [-0.2, 0) is 9.59 Å². The summed E-state index contributed by atoms with van der Waals surface area (Å²) in [5.74, 6) is -0.0709. The molecule has 6 heteroatoms. The maximum absolute atomic E-state index is 12.0. The number of carboxylic acid groups (broad SMARTS) is 1. The molecule has 0 aliphatic rings. The summed E-state index contributed by atoms with van der Waals surface area (Å²) in [6.07, 6.45) is 22.6. The molecule has 0 aliphatic carbocycles. The molecule has 0 fully saturated rings. The van der Waals surface area contributed by atoms with Gasteiger partial charge in [0, 0.05) is 13.0 Å². The van der Waals surface area contributed by atoms with Crippen LogP contribution in [0.25, 0.3) is 0 Å². The molecule has 0 spiro atoms. The number of hydrogen-bond donors (Lipinski definition) is 3. The summed E-state index contributed by atoms with van der Waals surface area (Å²) >= 11 is 0. The minimum absolute atomic E-state index is 0.0709. The number of amides is 2. The molecule has 0 bridgehead atoms. The molecular weight excluding hydrogens is 392 g/mol. The Balaban J connectivity index is 3.48. The Morgan fingerprint density at radius 1 is 0.806 bits per heavy atom. The molecule has 0 radical (unpaired) electrons. The fourth-order valence-electron chi connectivity index (χ4n) is 3.49. The molecule has 1 atom stereocenters. The number of rotatable bonds is 22. The van der Waals surface area contributed by atoms with Gasteiger partial charge in [0.1, 0.15) is 6.29 Å². The van der Waals surface area contributed by atoms with Crippen molar-refractivity contribution in [2.24, 2.45) is 0 Å². The molecule has 2 amide bonds. The van der Waals surface area contributed by atoms with Crippen LogP contribution in [-0.4, -0.2) is 36.0 Å². The Kier molecular flexibility index (Phi) is 21.5. The lowest BCUT2D eigenvalue weighted by Gasteiger charge is -2.12. The first-order valence-electron chi connectivity index (χ1n) is 12.5. The molecule has 0 rings (SSSR count). The Morgan fingerprint density at radius 3 is 1.97 bits per heavy atom. The number of unbranched alkanes of at least 4 members (excludes halogenated alkanes) is 12. The highest BCUT2D eigenvalue weighted by Gasteiger charge is 2.10. The van der Waals surface area contributed by atoms with Crippen molar-refractivity contribution in [1.29, 1.82) is 0 Å². The first kappa shape index (κ1) is 29.1. The van der Waals surface area contributed by atoms with Crippen LogP contribution in [0.5, 0.6) is 0 Å². The summed E-state index contributed by atoms with van der Waals surface area (Å²) in [4.78, 5) is 33.4. The van der Waals surface area contributed by atoms with E-state index in [-0.39, 0.29) is 5.91 Å². The fourth-order valence-corrected chi connectivity index (χ4v) is 3.49. The number of carbonyl (C=O) groups excluding carboxylic acids is 2. The van der Waals surface area contributed by atoms with E-state index in [9.17, 15) is 14.4 Å². The van der Waals surface area contributed by atoms with Crippen LogP contribution < -0.4 is 10.6 Å². The summed E-state index contributed by atoms with van der Waals surface area (Å²) < 4.78 is 0. The van der Waals surface area contributed by atoms with Crippen molar-refractivity contribution in [1.82, 2.24) is 10.6 Å². The average molecular weight is 439 g/mol. The molecule has 0 aromatic heterocycles. The van der Waals surface area contributed by atoms with E-state index in [2.05, 4.69) is 29.7 Å². The zero-order valence-corrected chi connectivity index (χ0v) is 19.7. The quantitative estimate of drug-likeness (QED) is 0.107. The molecule has 0 saturated heterocycles. The van der Waals surface area contributed by atoms with E-state index < -0.39 is 12.1 Å². The SMILES string of the molecule is CCCCCCCC/C=C\CCCCCCCC(=O)NC(C=O)CCCCNC(=O)O. The first-order chi connectivity index (χ1) is 15.1. The van der Waals surface area contributed by atoms with Crippen molar-refractivity contribution < 1.29 is 19.5 Å². The van der Waals surface area contributed by atoms with E-state index in [1.54, 1.807) is 0 Å². The summed E-state index contributed by atoms with van der Waals surface area (Å²) in [7, 11) is 0. The van der Waals surface area contributed by atoms with Gasteiger partial charge < -0.3 is 20.5 Å². The molecule has 3 N–H and O–H groups in total. The van der Waals surface area contributed by atoms with Gasteiger partial charge in [-0.15, -0.1) is 0 Å². The highest BCUT2D eigenvalue weighted by atomic mass is 16.4. The van der Waals surface area contributed by atoms with Crippen molar-refractivity contribution in [3.8, 4) is 0 Å². The van der Waals surface area contributed by atoms with Crippen molar-refractivity contribution in [3.63, 3.8) is 0 Å². The lowest BCUT2D eigenvalue weighted by Crippen LogP contribution is -2.36. The van der Waals surface area contributed by atoms with Crippen LogP contribution in [0.15, 0.2) is 12.2 Å². The van der Waals surface area contributed by atoms with E-state index in [0.29, 0.717) is 32.2 Å². The van der Waals surface area contributed by atoms with E-state index in [1.807, 2.05) is 0 Å². The largest absolute Gasteiger partial charge is 0.465 e. The van der Waals surface area contributed by atoms with Gasteiger partial charge in [0.2, 0.25) is 5.91 Å². The second-order valence-corrected chi connectivity index (χ2v) is 8.37. The summed E-state index contributed by atoms with van der Waals surface area (Å²) in [5.41, 5.74) is 0. The molecule has 0 aromatic carbocycles. The third-order valence-corrected chi connectivity index (χ3v) is 5.39. The minimum atomic E-state index is -1.04. The van der Waals surface area contributed by atoms with E-state index in [0.717, 1.165) is 32.0 Å². The predicted molar refractivity (Wildman–Crippen MR) is 127 cm³/mol. The first-order valence-corrected chi connectivity index (χ1v) is 12.5. The minimum Gasteiger partial charge on any atom is -0.465 e. The number of allylic oxidation sites excluding steroid dienone is 2. The topological polar surface area (TPSA) is 95.5 Å². The zero-order chi connectivity index (χ0) is 23.0. The number of nitrogens with one attached hydrogen (secondary N) is 2. The third-order valence-electron chi connectivity index (χ3n) is 5.39. The molecule has 0 aromatic rings. The highest BCUT2D eigenvalue weighted by Crippen LogP contribution is 2.10. The molecule has 0 aliphatic heterocycles. The number of carbonyl (C=O) groups is 3.